The van der Waals surface area contributed by atoms with E-state index < -0.39 is 0 Å². The zero-order valence-electron chi connectivity index (χ0n) is 10.7. The number of hydrazine groups is 1. The third-order valence-corrected chi connectivity index (χ3v) is 2.71. The maximum absolute atomic E-state index is 5.79. The van der Waals surface area contributed by atoms with Gasteiger partial charge in [-0.25, -0.2) is 15.8 Å². The summed E-state index contributed by atoms with van der Waals surface area (Å²) in [5.41, 5.74) is 5.55. The predicted octanol–water partition coefficient (Wildman–Crippen LogP) is 2.48. The largest absolute Gasteiger partial charge is 0.438 e. The molecule has 0 amide bonds. The van der Waals surface area contributed by atoms with Gasteiger partial charge in [0.25, 0.3) is 0 Å². The predicted molar refractivity (Wildman–Crippen MR) is 70.6 cm³/mol. The number of nitrogen functional groups attached to an aromatic ring is 1. The van der Waals surface area contributed by atoms with Crippen molar-refractivity contribution in [3.8, 4) is 11.6 Å². The fourth-order valence-corrected chi connectivity index (χ4v) is 1.70. The summed E-state index contributed by atoms with van der Waals surface area (Å²) < 4.78 is 5.79. The summed E-state index contributed by atoms with van der Waals surface area (Å²) in [7, 11) is 0. The summed E-state index contributed by atoms with van der Waals surface area (Å²) in [4.78, 5) is 8.13. The molecule has 0 saturated heterocycles. The Morgan fingerprint density at radius 2 is 1.94 bits per heavy atom. The number of aromatic nitrogens is 2. The highest BCUT2D eigenvalue weighted by molar-refractivity contribution is 5.48. The smallest absolute Gasteiger partial charge is 0.227 e. The van der Waals surface area contributed by atoms with Crippen LogP contribution in [-0.4, -0.2) is 9.97 Å². The second kappa shape index (κ2) is 5.01. The zero-order chi connectivity index (χ0) is 13.1. The number of hydrogen-bond donors (Lipinski definition) is 2. The molecule has 1 aromatic heterocycles. The first-order valence-electron chi connectivity index (χ1n) is 5.65. The molecule has 5 heteroatoms. The van der Waals surface area contributed by atoms with Gasteiger partial charge < -0.3 is 10.2 Å². The van der Waals surface area contributed by atoms with Crippen molar-refractivity contribution in [1.29, 1.82) is 0 Å². The highest BCUT2D eigenvalue weighted by Crippen LogP contribution is 2.28. The minimum Gasteiger partial charge on any atom is -0.438 e. The minimum atomic E-state index is 0.505. The van der Waals surface area contributed by atoms with E-state index in [1.54, 1.807) is 0 Å². The van der Waals surface area contributed by atoms with Gasteiger partial charge in [0.2, 0.25) is 5.88 Å². The van der Waals surface area contributed by atoms with Crippen molar-refractivity contribution in [2.45, 2.75) is 20.8 Å². The second-order valence-electron chi connectivity index (χ2n) is 4.17. The van der Waals surface area contributed by atoms with E-state index in [0.29, 0.717) is 11.7 Å². The molecule has 3 N–H and O–H groups in total. The van der Waals surface area contributed by atoms with Crippen molar-refractivity contribution in [2.75, 3.05) is 5.43 Å². The van der Waals surface area contributed by atoms with Crippen LogP contribution in [0.2, 0.25) is 0 Å². The molecule has 1 heterocycles. The fourth-order valence-electron chi connectivity index (χ4n) is 1.70. The summed E-state index contributed by atoms with van der Waals surface area (Å²) in [6.45, 7) is 5.90. The van der Waals surface area contributed by atoms with E-state index in [1.807, 2.05) is 32.9 Å². The van der Waals surface area contributed by atoms with Crippen LogP contribution in [-0.2, 0) is 0 Å². The monoisotopic (exact) mass is 244 g/mol. The van der Waals surface area contributed by atoms with Gasteiger partial charge in [0.1, 0.15) is 17.9 Å². The highest BCUT2D eigenvalue weighted by atomic mass is 16.5. The number of ether oxygens (including phenoxy) is 1. The van der Waals surface area contributed by atoms with Crippen LogP contribution in [0.5, 0.6) is 11.6 Å². The Hall–Kier alpha value is -2.14. The molecule has 5 nitrogen and oxygen atoms in total. The van der Waals surface area contributed by atoms with Crippen molar-refractivity contribution in [3.05, 3.63) is 41.2 Å². The lowest BCUT2D eigenvalue weighted by atomic mass is 10.1. The normalized spacial score (nSPS) is 10.2. The van der Waals surface area contributed by atoms with E-state index >= 15 is 0 Å². The number of nitrogens with one attached hydrogen (secondary N) is 1. The van der Waals surface area contributed by atoms with Gasteiger partial charge >= 0.3 is 0 Å². The third-order valence-electron chi connectivity index (χ3n) is 2.71. The molecule has 94 valence electrons. The van der Waals surface area contributed by atoms with Gasteiger partial charge in [-0.05, 0) is 32.4 Å². The molecular weight excluding hydrogens is 228 g/mol. The van der Waals surface area contributed by atoms with Gasteiger partial charge in [-0.2, -0.15) is 0 Å². The van der Waals surface area contributed by atoms with Gasteiger partial charge in [0.05, 0.1) is 5.56 Å². The molecule has 0 saturated carbocycles. The van der Waals surface area contributed by atoms with Crippen LogP contribution >= 0.6 is 0 Å². The summed E-state index contributed by atoms with van der Waals surface area (Å²) >= 11 is 0. The maximum atomic E-state index is 5.79. The lowest BCUT2D eigenvalue weighted by Gasteiger charge is -2.11. The standard InChI is InChI=1S/C13H16N4O/c1-8-4-5-11(9(2)6-8)18-13-10(3)12(17-14)15-7-16-13/h4-7H,14H2,1-3H3,(H,15,16,17). The summed E-state index contributed by atoms with van der Waals surface area (Å²) in [5, 5.41) is 0. The van der Waals surface area contributed by atoms with Crippen LogP contribution < -0.4 is 16.0 Å². The van der Waals surface area contributed by atoms with Crippen LogP contribution in [0.4, 0.5) is 5.82 Å². The Morgan fingerprint density at radius 3 is 2.61 bits per heavy atom. The molecule has 0 aliphatic carbocycles. The molecule has 2 rings (SSSR count). The minimum absolute atomic E-state index is 0.505. The third kappa shape index (κ3) is 2.41. The number of rotatable bonds is 3. The van der Waals surface area contributed by atoms with Gasteiger partial charge in [0, 0.05) is 0 Å². The Morgan fingerprint density at radius 1 is 1.17 bits per heavy atom. The topological polar surface area (TPSA) is 73.1 Å². The summed E-state index contributed by atoms with van der Waals surface area (Å²) in [6.07, 6.45) is 1.42. The lowest BCUT2D eigenvalue weighted by molar-refractivity contribution is 0.454. The van der Waals surface area contributed by atoms with Crippen LogP contribution in [0.25, 0.3) is 0 Å². The summed E-state index contributed by atoms with van der Waals surface area (Å²) in [5.74, 6) is 7.21. The molecule has 2 aromatic rings. The number of nitrogens with zero attached hydrogens (tertiary/aromatic N) is 2. The molecule has 0 aliphatic rings. The van der Waals surface area contributed by atoms with E-state index in [4.69, 9.17) is 10.6 Å². The van der Waals surface area contributed by atoms with Crippen LogP contribution in [0.15, 0.2) is 24.5 Å². The van der Waals surface area contributed by atoms with E-state index in [1.165, 1.54) is 11.9 Å². The first-order chi connectivity index (χ1) is 8.61. The zero-order valence-corrected chi connectivity index (χ0v) is 10.7. The fraction of sp³-hybridized carbons (Fsp3) is 0.231. The van der Waals surface area contributed by atoms with E-state index in [-0.39, 0.29) is 0 Å². The maximum Gasteiger partial charge on any atom is 0.227 e. The first-order valence-corrected chi connectivity index (χ1v) is 5.65. The van der Waals surface area contributed by atoms with Gasteiger partial charge in [-0.15, -0.1) is 0 Å². The van der Waals surface area contributed by atoms with E-state index in [2.05, 4.69) is 21.5 Å². The molecule has 0 spiro atoms. The molecule has 0 unspecified atom stereocenters. The van der Waals surface area contributed by atoms with Crippen LogP contribution in [0.1, 0.15) is 16.7 Å². The van der Waals surface area contributed by atoms with Crippen LogP contribution in [0.3, 0.4) is 0 Å². The molecule has 0 atom stereocenters. The SMILES string of the molecule is Cc1ccc(Oc2ncnc(NN)c2C)c(C)c1. The Bertz CT molecular complexity index is 569. The molecule has 18 heavy (non-hydrogen) atoms. The average molecular weight is 244 g/mol. The molecule has 0 bridgehead atoms. The number of nitrogens with two attached hydrogens (primary N) is 1. The molecule has 0 aliphatic heterocycles. The lowest BCUT2D eigenvalue weighted by Crippen LogP contribution is -2.11. The van der Waals surface area contributed by atoms with Crippen molar-refractivity contribution >= 4 is 5.82 Å². The highest BCUT2D eigenvalue weighted by Gasteiger charge is 2.09. The Labute approximate surface area is 106 Å². The number of anilines is 1. The first kappa shape index (κ1) is 12.3. The van der Waals surface area contributed by atoms with E-state index in [0.717, 1.165) is 16.9 Å². The second-order valence-corrected chi connectivity index (χ2v) is 4.17. The molecule has 0 radical (unpaired) electrons. The van der Waals surface area contributed by atoms with Crippen molar-refractivity contribution in [3.63, 3.8) is 0 Å². The van der Waals surface area contributed by atoms with Crippen molar-refractivity contribution in [1.82, 2.24) is 9.97 Å². The van der Waals surface area contributed by atoms with Gasteiger partial charge in [-0.3, -0.25) is 0 Å². The Balaban J connectivity index is 2.34. The molecule has 1 aromatic carbocycles. The number of hydrogen-bond acceptors (Lipinski definition) is 5. The summed E-state index contributed by atoms with van der Waals surface area (Å²) in [6, 6.07) is 6.00. The van der Waals surface area contributed by atoms with Crippen molar-refractivity contribution < 1.29 is 4.74 Å². The van der Waals surface area contributed by atoms with Crippen LogP contribution in [0, 0.1) is 20.8 Å². The molecular formula is C13H16N4O. The molecule has 0 fully saturated rings. The van der Waals surface area contributed by atoms with Gasteiger partial charge in [-0.1, -0.05) is 17.7 Å². The quantitative estimate of drug-likeness (QED) is 0.641. The number of benzene rings is 1. The number of aryl methyl sites for hydroxylation is 2. The van der Waals surface area contributed by atoms with Crippen molar-refractivity contribution in [2.24, 2.45) is 5.84 Å². The Kier molecular flexibility index (Phi) is 3.43. The average Bonchev–Trinajstić information content (AvgIpc) is 2.35. The van der Waals surface area contributed by atoms with Gasteiger partial charge in [0.15, 0.2) is 0 Å². The van der Waals surface area contributed by atoms with E-state index in [9.17, 15) is 0 Å².